The molecule has 7 nitrogen and oxygen atoms in total. The number of methoxy groups -OCH3 is 1. The Morgan fingerprint density at radius 1 is 0.625 bits per heavy atom. The van der Waals surface area contributed by atoms with Gasteiger partial charge in [0.2, 0.25) is 0 Å². The van der Waals surface area contributed by atoms with Gasteiger partial charge in [0, 0.05) is 11.4 Å². The average molecular weight is 549 g/mol. The van der Waals surface area contributed by atoms with Crippen LogP contribution in [0.3, 0.4) is 0 Å². The van der Waals surface area contributed by atoms with Crippen molar-refractivity contribution in [1.82, 2.24) is 10.6 Å². The van der Waals surface area contributed by atoms with Crippen molar-refractivity contribution in [1.29, 1.82) is 0 Å². The molecule has 4 N–H and O–H groups in total. The lowest BCUT2D eigenvalue weighted by Gasteiger charge is -2.30. The standard InChI is InChI=1S/C30H27F3N4O3/c1-40-25-18-16-24(17-19-25)35-29(39)37-27(21-10-6-3-7-11-21)26(20-8-4-2-5-9-20)36-28(38)34-23-14-12-22(13-15-23)30(31,32)33/h2-19,26-27H,1H3,(H2,34,36,38)(H2,35,37,39)/t26-,27+/m0/s1. The van der Waals surface area contributed by atoms with Crippen molar-refractivity contribution in [2.45, 2.75) is 18.3 Å². The summed E-state index contributed by atoms with van der Waals surface area (Å²) in [4.78, 5) is 26.2. The molecule has 10 heteroatoms. The fourth-order valence-electron chi connectivity index (χ4n) is 4.07. The van der Waals surface area contributed by atoms with Crippen LogP contribution in [-0.4, -0.2) is 19.2 Å². The Hall–Kier alpha value is -4.99. The van der Waals surface area contributed by atoms with Crippen LogP contribution in [0, 0.1) is 0 Å². The molecular weight excluding hydrogens is 521 g/mol. The van der Waals surface area contributed by atoms with Crippen LogP contribution >= 0.6 is 0 Å². The normalized spacial score (nSPS) is 12.5. The van der Waals surface area contributed by atoms with Gasteiger partial charge in [0.05, 0.1) is 24.8 Å². The van der Waals surface area contributed by atoms with Gasteiger partial charge in [-0.15, -0.1) is 0 Å². The summed E-state index contributed by atoms with van der Waals surface area (Å²) < 4.78 is 43.9. The molecule has 0 bridgehead atoms. The number of alkyl halides is 3. The van der Waals surface area contributed by atoms with Crippen LogP contribution in [0.15, 0.2) is 109 Å². The molecule has 4 aromatic carbocycles. The van der Waals surface area contributed by atoms with E-state index in [2.05, 4.69) is 21.3 Å². The Labute approximate surface area is 229 Å². The molecule has 4 rings (SSSR count). The molecule has 206 valence electrons. The summed E-state index contributed by atoms with van der Waals surface area (Å²) in [5.74, 6) is 0.639. The van der Waals surface area contributed by atoms with Gasteiger partial charge < -0.3 is 26.0 Å². The predicted octanol–water partition coefficient (Wildman–Crippen LogP) is 7.14. The number of hydrogen-bond acceptors (Lipinski definition) is 3. The summed E-state index contributed by atoms with van der Waals surface area (Å²) in [5, 5.41) is 11.2. The maximum Gasteiger partial charge on any atom is 0.416 e. The first-order chi connectivity index (χ1) is 19.2. The minimum Gasteiger partial charge on any atom is -0.497 e. The van der Waals surface area contributed by atoms with E-state index in [-0.39, 0.29) is 5.69 Å². The van der Waals surface area contributed by atoms with Crippen LogP contribution in [-0.2, 0) is 6.18 Å². The highest BCUT2D eigenvalue weighted by atomic mass is 19.4. The number of anilines is 2. The number of halogens is 3. The lowest BCUT2D eigenvalue weighted by Crippen LogP contribution is -2.43. The summed E-state index contributed by atoms with van der Waals surface area (Å²) >= 11 is 0. The highest BCUT2D eigenvalue weighted by molar-refractivity contribution is 5.91. The number of urea groups is 2. The minimum atomic E-state index is -4.49. The number of rotatable bonds is 8. The second kappa shape index (κ2) is 12.7. The topological polar surface area (TPSA) is 91.5 Å². The number of ether oxygens (including phenoxy) is 1. The van der Waals surface area contributed by atoms with Crippen molar-refractivity contribution in [2.24, 2.45) is 0 Å². The first-order valence-electron chi connectivity index (χ1n) is 12.3. The zero-order valence-corrected chi connectivity index (χ0v) is 21.4. The first-order valence-corrected chi connectivity index (χ1v) is 12.3. The third-order valence-electron chi connectivity index (χ3n) is 6.04. The molecule has 0 fully saturated rings. The molecule has 4 aromatic rings. The number of carbonyl (C=O) groups is 2. The Bertz CT molecular complexity index is 1400. The van der Waals surface area contributed by atoms with E-state index in [0.717, 1.165) is 17.7 Å². The van der Waals surface area contributed by atoms with Crippen LogP contribution in [0.2, 0.25) is 0 Å². The molecule has 0 unspecified atom stereocenters. The van der Waals surface area contributed by atoms with Crippen LogP contribution in [0.1, 0.15) is 28.8 Å². The predicted molar refractivity (Wildman–Crippen MR) is 147 cm³/mol. The maximum absolute atomic E-state index is 13.1. The molecule has 4 amide bonds. The highest BCUT2D eigenvalue weighted by Crippen LogP contribution is 2.31. The van der Waals surface area contributed by atoms with Gasteiger partial charge in [-0.1, -0.05) is 60.7 Å². The zero-order valence-electron chi connectivity index (χ0n) is 21.4. The van der Waals surface area contributed by atoms with E-state index in [4.69, 9.17) is 4.74 Å². The zero-order chi connectivity index (χ0) is 28.5. The fourth-order valence-corrected chi connectivity index (χ4v) is 4.07. The van der Waals surface area contributed by atoms with Crippen molar-refractivity contribution >= 4 is 23.4 Å². The Balaban J connectivity index is 1.58. The summed E-state index contributed by atoms with van der Waals surface area (Å²) in [6, 6.07) is 26.5. The molecular formula is C30H27F3N4O3. The van der Waals surface area contributed by atoms with E-state index in [1.165, 1.54) is 12.1 Å². The second-order valence-corrected chi connectivity index (χ2v) is 8.78. The van der Waals surface area contributed by atoms with Crippen molar-refractivity contribution < 1.29 is 27.5 Å². The SMILES string of the molecule is COc1ccc(NC(=O)N[C@H](c2ccccc2)[C@@H](NC(=O)Nc2ccc(C(F)(F)F)cc2)c2ccccc2)cc1. The Morgan fingerprint density at radius 3 is 1.40 bits per heavy atom. The number of amides is 4. The quantitative estimate of drug-likeness (QED) is 0.189. The van der Waals surface area contributed by atoms with Gasteiger partial charge in [0.25, 0.3) is 0 Å². The first kappa shape index (κ1) is 28.0. The van der Waals surface area contributed by atoms with E-state index in [0.29, 0.717) is 17.0 Å². The Kier molecular flexibility index (Phi) is 8.90. The number of nitrogens with one attached hydrogen (secondary N) is 4. The van der Waals surface area contributed by atoms with E-state index < -0.39 is 35.9 Å². The molecule has 0 radical (unpaired) electrons. The summed E-state index contributed by atoms with van der Waals surface area (Å²) in [6.07, 6.45) is -4.49. The van der Waals surface area contributed by atoms with Crippen molar-refractivity contribution in [3.63, 3.8) is 0 Å². The van der Waals surface area contributed by atoms with E-state index in [1.807, 2.05) is 48.5 Å². The summed E-state index contributed by atoms with van der Waals surface area (Å²) in [5.41, 5.74) is 1.31. The lowest BCUT2D eigenvalue weighted by molar-refractivity contribution is -0.137. The van der Waals surface area contributed by atoms with Gasteiger partial charge in [-0.3, -0.25) is 0 Å². The molecule has 0 aliphatic carbocycles. The molecule has 0 saturated heterocycles. The van der Waals surface area contributed by atoms with Crippen molar-refractivity contribution in [2.75, 3.05) is 17.7 Å². The largest absolute Gasteiger partial charge is 0.497 e. The maximum atomic E-state index is 13.1. The van der Waals surface area contributed by atoms with Crippen molar-refractivity contribution in [3.8, 4) is 5.75 Å². The van der Waals surface area contributed by atoms with E-state index in [9.17, 15) is 22.8 Å². The second-order valence-electron chi connectivity index (χ2n) is 8.78. The van der Waals surface area contributed by atoms with Crippen molar-refractivity contribution in [3.05, 3.63) is 126 Å². The van der Waals surface area contributed by atoms with Crippen LogP contribution in [0.4, 0.5) is 34.1 Å². The fraction of sp³-hybridized carbons (Fsp3) is 0.133. The molecule has 0 saturated carbocycles. The molecule has 0 aliphatic rings. The van der Waals surface area contributed by atoms with Gasteiger partial charge in [0.1, 0.15) is 5.75 Å². The third kappa shape index (κ3) is 7.53. The molecule has 0 aromatic heterocycles. The average Bonchev–Trinajstić information content (AvgIpc) is 2.96. The lowest BCUT2D eigenvalue weighted by atomic mass is 9.93. The van der Waals surface area contributed by atoms with Crippen LogP contribution in [0.25, 0.3) is 0 Å². The van der Waals surface area contributed by atoms with Gasteiger partial charge in [-0.2, -0.15) is 13.2 Å². The molecule has 40 heavy (non-hydrogen) atoms. The number of benzene rings is 4. The number of hydrogen-bond donors (Lipinski definition) is 4. The monoisotopic (exact) mass is 548 g/mol. The van der Waals surface area contributed by atoms with E-state index >= 15 is 0 Å². The Morgan fingerprint density at radius 2 is 1.02 bits per heavy atom. The smallest absolute Gasteiger partial charge is 0.416 e. The molecule has 2 atom stereocenters. The molecule has 0 aliphatic heterocycles. The van der Waals surface area contributed by atoms with Crippen LogP contribution in [0.5, 0.6) is 5.75 Å². The van der Waals surface area contributed by atoms with E-state index in [1.54, 1.807) is 43.5 Å². The van der Waals surface area contributed by atoms with Gasteiger partial charge in [0.15, 0.2) is 0 Å². The molecule has 0 spiro atoms. The van der Waals surface area contributed by atoms with Gasteiger partial charge in [-0.25, -0.2) is 9.59 Å². The highest BCUT2D eigenvalue weighted by Gasteiger charge is 2.31. The third-order valence-corrected chi connectivity index (χ3v) is 6.04. The van der Waals surface area contributed by atoms with Gasteiger partial charge >= 0.3 is 18.2 Å². The van der Waals surface area contributed by atoms with Gasteiger partial charge in [-0.05, 0) is 59.7 Å². The summed E-state index contributed by atoms with van der Waals surface area (Å²) in [7, 11) is 1.55. The molecule has 0 heterocycles. The summed E-state index contributed by atoms with van der Waals surface area (Å²) in [6.45, 7) is 0. The minimum absolute atomic E-state index is 0.179. The van der Waals surface area contributed by atoms with Crippen LogP contribution < -0.4 is 26.0 Å². The number of carbonyl (C=O) groups excluding carboxylic acids is 2.